The molecule has 0 saturated heterocycles. The lowest BCUT2D eigenvalue weighted by Crippen LogP contribution is -2.37. The maximum atomic E-state index is 5.92. The minimum atomic E-state index is -0.465. The van der Waals surface area contributed by atoms with E-state index in [0.717, 1.165) is 5.69 Å². The molecule has 0 aliphatic heterocycles. The molecule has 0 aliphatic rings. The molecule has 6 nitrogen and oxygen atoms in total. The average Bonchev–Trinajstić information content (AvgIpc) is 2.48. The molecule has 0 radical (unpaired) electrons. The number of methoxy groups -OCH3 is 3. The molecule has 21 heavy (non-hydrogen) atoms. The summed E-state index contributed by atoms with van der Waals surface area (Å²) in [6.07, 6.45) is -0.308. The molecular formula is C15H26N2O4. The molecule has 0 aliphatic carbocycles. The van der Waals surface area contributed by atoms with E-state index < -0.39 is 5.60 Å². The molecule has 0 amide bonds. The van der Waals surface area contributed by atoms with E-state index in [1.807, 2.05) is 32.0 Å². The van der Waals surface area contributed by atoms with E-state index in [0.29, 0.717) is 24.6 Å². The predicted molar refractivity (Wildman–Crippen MR) is 83.1 cm³/mol. The van der Waals surface area contributed by atoms with Gasteiger partial charge in [-0.15, -0.1) is 0 Å². The third kappa shape index (κ3) is 5.41. The first-order valence-electron chi connectivity index (χ1n) is 6.82. The third-order valence-corrected chi connectivity index (χ3v) is 3.04. The molecule has 0 saturated carbocycles. The highest BCUT2D eigenvalue weighted by molar-refractivity contribution is 5.55. The van der Waals surface area contributed by atoms with E-state index in [1.165, 1.54) is 0 Å². The SMILES string of the molecule is COc1ccc(NCC(OC)OC)cc1OC(C)(C)CN. The highest BCUT2D eigenvalue weighted by atomic mass is 16.7. The van der Waals surface area contributed by atoms with Crippen molar-refractivity contribution in [1.29, 1.82) is 0 Å². The summed E-state index contributed by atoms with van der Waals surface area (Å²) in [4.78, 5) is 0. The molecule has 1 rings (SSSR count). The Labute approximate surface area is 126 Å². The number of nitrogens with two attached hydrogens (primary N) is 1. The van der Waals surface area contributed by atoms with Crippen molar-refractivity contribution in [1.82, 2.24) is 0 Å². The molecule has 120 valence electrons. The molecule has 0 aromatic heterocycles. The Kier molecular flexibility index (Phi) is 6.74. The molecule has 0 spiro atoms. The summed E-state index contributed by atoms with van der Waals surface area (Å²) in [5.74, 6) is 1.31. The van der Waals surface area contributed by atoms with Gasteiger partial charge in [0.1, 0.15) is 5.60 Å². The molecule has 0 bridgehead atoms. The second-order valence-electron chi connectivity index (χ2n) is 5.21. The molecule has 0 fully saturated rings. The van der Waals surface area contributed by atoms with Crippen molar-refractivity contribution in [2.45, 2.75) is 25.7 Å². The Balaban J connectivity index is 2.84. The minimum Gasteiger partial charge on any atom is -0.493 e. The van der Waals surface area contributed by atoms with Crippen LogP contribution in [0.4, 0.5) is 5.69 Å². The summed E-state index contributed by atoms with van der Waals surface area (Å²) < 4.78 is 21.5. The van der Waals surface area contributed by atoms with Crippen LogP contribution in [0.15, 0.2) is 18.2 Å². The number of hydrogen-bond acceptors (Lipinski definition) is 6. The first-order valence-corrected chi connectivity index (χ1v) is 6.82. The van der Waals surface area contributed by atoms with Gasteiger partial charge in [-0.3, -0.25) is 0 Å². The van der Waals surface area contributed by atoms with E-state index in [-0.39, 0.29) is 6.29 Å². The molecule has 1 aromatic carbocycles. The summed E-state index contributed by atoms with van der Waals surface area (Å²) in [5, 5.41) is 3.23. The second kappa shape index (κ2) is 8.07. The number of rotatable bonds is 9. The summed E-state index contributed by atoms with van der Waals surface area (Å²) in [6, 6.07) is 5.63. The van der Waals surface area contributed by atoms with Gasteiger partial charge in [-0.1, -0.05) is 0 Å². The van der Waals surface area contributed by atoms with E-state index >= 15 is 0 Å². The van der Waals surface area contributed by atoms with Gasteiger partial charge in [-0.25, -0.2) is 0 Å². The summed E-state index contributed by atoms with van der Waals surface area (Å²) in [6.45, 7) is 4.79. The van der Waals surface area contributed by atoms with Gasteiger partial charge in [-0.05, 0) is 26.0 Å². The van der Waals surface area contributed by atoms with Crippen molar-refractivity contribution >= 4 is 5.69 Å². The maximum absolute atomic E-state index is 5.92. The molecule has 0 atom stereocenters. The van der Waals surface area contributed by atoms with Gasteiger partial charge in [-0.2, -0.15) is 0 Å². The fraction of sp³-hybridized carbons (Fsp3) is 0.600. The lowest BCUT2D eigenvalue weighted by Gasteiger charge is -2.26. The van der Waals surface area contributed by atoms with Crippen LogP contribution in [0.2, 0.25) is 0 Å². The standard InChI is InChI=1S/C15H26N2O4/c1-15(2,10-16)21-13-8-11(6-7-12(13)18-3)17-9-14(19-4)20-5/h6-8,14,17H,9-10,16H2,1-5H3. The van der Waals surface area contributed by atoms with Crippen molar-refractivity contribution in [3.05, 3.63) is 18.2 Å². The first-order chi connectivity index (χ1) is 9.95. The van der Waals surface area contributed by atoms with Crippen LogP contribution in [0.3, 0.4) is 0 Å². The van der Waals surface area contributed by atoms with Crippen molar-refractivity contribution < 1.29 is 18.9 Å². The number of anilines is 1. The lowest BCUT2D eigenvalue weighted by atomic mass is 10.1. The van der Waals surface area contributed by atoms with Crippen LogP contribution in [0.5, 0.6) is 11.5 Å². The fourth-order valence-electron chi connectivity index (χ4n) is 1.67. The summed E-state index contributed by atoms with van der Waals surface area (Å²) in [5.41, 5.74) is 6.13. The van der Waals surface area contributed by atoms with Crippen molar-refractivity contribution in [3.8, 4) is 11.5 Å². The van der Waals surface area contributed by atoms with Gasteiger partial charge in [0.25, 0.3) is 0 Å². The Morgan fingerprint density at radius 2 is 1.81 bits per heavy atom. The van der Waals surface area contributed by atoms with Crippen molar-refractivity contribution in [3.63, 3.8) is 0 Å². The van der Waals surface area contributed by atoms with Crippen LogP contribution in [-0.2, 0) is 9.47 Å². The first kappa shape index (κ1) is 17.6. The van der Waals surface area contributed by atoms with Crippen LogP contribution in [-0.4, -0.2) is 46.3 Å². The highest BCUT2D eigenvalue weighted by Crippen LogP contribution is 2.32. The van der Waals surface area contributed by atoms with Gasteiger partial charge in [0.05, 0.1) is 13.7 Å². The van der Waals surface area contributed by atoms with Crippen LogP contribution in [0.1, 0.15) is 13.8 Å². The molecule has 3 N–H and O–H groups in total. The molecule has 1 aromatic rings. The maximum Gasteiger partial charge on any atom is 0.173 e. The molecule has 0 unspecified atom stereocenters. The van der Waals surface area contributed by atoms with E-state index in [9.17, 15) is 0 Å². The molecule has 0 heterocycles. The van der Waals surface area contributed by atoms with Gasteiger partial charge in [0, 0.05) is 32.5 Å². The quantitative estimate of drug-likeness (QED) is 0.678. The monoisotopic (exact) mass is 298 g/mol. The number of nitrogens with one attached hydrogen (secondary N) is 1. The number of hydrogen-bond donors (Lipinski definition) is 2. The number of benzene rings is 1. The average molecular weight is 298 g/mol. The van der Waals surface area contributed by atoms with E-state index in [2.05, 4.69) is 5.32 Å². The number of ether oxygens (including phenoxy) is 4. The normalized spacial score (nSPS) is 11.6. The van der Waals surface area contributed by atoms with Crippen LogP contribution < -0.4 is 20.5 Å². The van der Waals surface area contributed by atoms with Crippen LogP contribution in [0, 0.1) is 0 Å². The van der Waals surface area contributed by atoms with E-state index in [1.54, 1.807) is 21.3 Å². The third-order valence-electron chi connectivity index (χ3n) is 3.04. The topological polar surface area (TPSA) is 75.0 Å². The minimum absolute atomic E-state index is 0.308. The van der Waals surface area contributed by atoms with Gasteiger partial charge in [0.2, 0.25) is 0 Å². The van der Waals surface area contributed by atoms with Gasteiger partial charge in [0.15, 0.2) is 17.8 Å². The summed E-state index contributed by atoms with van der Waals surface area (Å²) in [7, 11) is 4.81. The zero-order chi connectivity index (χ0) is 15.9. The Bertz CT molecular complexity index is 434. The largest absolute Gasteiger partial charge is 0.493 e. The predicted octanol–water partition coefficient (Wildman–Crippen LogP) is 1.84. The second-order valence-corrected chi connectivity index (χ2v) is 5.21. The smallest absolute Gasteiger partial charge is 0.173 e. The highest BCUT2D eigenvalue weighted by Gasteiger charge is 2.20. The zero-order valence-electron chi connectivity index (χ0n) is 13.4. The van der Waals surface area contributed by atoms with Gasteiger partial charge < -0.3 is 30.0 Å². The Morgan fingerprint density at radius 3 is 2.33 bits per heavy atom. The Morgan fingerprint density at radius 1 is 1.14 bits per heavy atom. The van der Waals surface area contributed by atoms with Crippen molar-refractivity contribution in [2.24, 2.45) is 5.73 Å². The molecular weight excluding hydrogens is 272 g/mol. The Hall–Kier alpha value is -1.50. The summed E-state index contributed by atoms with van der Waals surface area (Å²) >= 11 is 0. The van der Waals surface area contributed by atoms with Crippen molar-refractivity contribution in [2.75, 3.05) is 39.7 Å². The lowest BCUT2D eigenvalue weighted by molar-refractivity contribution is -0.0914. The zero-order valence-corrected chi connectivity index (χ0v) is 13.4. The van der Waals surface area contributed by atoms with E-state index in [4.69, 9.17) is 24.7 Å². The molecule has 6 heteroatoms. The van der Waals surface area contributed by atoms with Crippen LogP contribution >= 0.6 is 0 Å². The van der Waals surface area contributed by atoms with Gasteiger partial charge >= 0.3 is 0 Å². The van der Waals surface area contributed by atoms with Crippen LogP contribution in [0.25, 0.3) is 0 Å². The fourth-order valence-corrected chi connectivity index (χ4v) is 1.67.